The van der Waals surface area contributed by atoms with Gasteiger partial charge in [-0.15, -0.1) is 0 Å². The zero-order chi connectivity index (χ0) is 19.9. The quantitative estimate of drug-likeness (QED) is 0.615. The molecule has 2 fully saturated rings. The van der Waals surface area contributed by atoms with Crippen molar-refractivity contribution < 1.29 is 9.47 Å². The molecule has 2 N–H and O–H groups in total. The largest absolute Gasteiger partial charge is 0.373 e. The molecule has 0 bridgehead atoms. The normalized spacial score (nSPS) is 19.2. The second-order valence-corrected chi connectivity index (χ2v) is 7.82. The lowest BCUT2D eigenvalue weighted by Crippen LogP contribution is -1.95. The number of epoxide rings is 2. The van der Waals surface area contributed by atoms with Crippen LogP contribution in [0, 0.1) is 0 Å². The first-order valence-corrected chi connectivity index (χ1v) is 10.4. The fourth-order valence-electron chi connectivity index (χ4n) is 3.33. The van der Waals surface area contributed by atoms with Gasteiger partial charge in [-0.2, -0.15) is 0 Å². The van der Waals surface area contributed by atoms with Gasteiger partial charge < -0.3 is 15.2 Å². The first-order chi connectivity index (χ1) is 14.3. The van der Waals surface area contributed by atoms with Gasteiger partial charge in [-0.05, 0) is 34.2 Å². The highest BCUT2D eigenvalue weighted by Gasteiger charge is 2.23. The molecule has 0 amide bonds. The van der Waals surface area contributed by atoms with Crippen molar-refractivity contribution >= 4 is 0 Å². The Kier molecular flexibility index (Phi) is 6.73. The molecule has 0 spiro atoms. The lowest BCUT2D eigenvalue weighted by Gasteiger charge is -2.05. The number of ether oxygens (including phenoxy) is 2. The van der Waals surface area contributed by atoms with Crippen LogP contribution in [-0.2, 0) is 35.3 Å². The van der Waals surface area contributed by atoms with Gasteiger partial charge in [0.25, 0.3) is 0 Å². The third-order valence-corrected chi connectivity index (χ3v) is 5.26. The van der Waals surface area contributed by atoms with E-state index in [1.807, 2.05) is 30.3 Å². The molecule has 0 aliphatic carbocycles. The molecule has 0 aromatic heterocycles. The van der Waals surface area contributed by atoms with E-state index in [2.05, 4.69) is 48.5 Å². The van der Waals surface area contributed by atoms with E-state index in [-0.39, 0.29) is 0 Å². The Labute approximate surface area is 173 Å². The predicted molar refractivity (Wildman–Crippen MR) is 117 cm³/mol. The Balaban J connectivity index is 0.000000216. The molecule has 150 valence electrons. The van der Waals surface area contributed by atoms with Gasteiger partial charge in [0.15, 0.2) is 0 Å². The highest BCUT2D eigenvalue weighted by molar-refractivity contribution is 5.31. The first kappa shape index (κ1) is 19.8. The highest BCUT2D eigenvalue weighted by Crippen LogP contribution is 2.19. The molecule has 2 heterocycles. The van der Waals surface area contributed by atoms with Crippen molar-refractivity contribution in [1.29, 1.82) is 0 Å². The molecule has 2 saturated heterocycles. The Bertz CT molecular complexity index is 811. The molecule has 3 heteroatoms. The summed E-state index contributed by atoms with van der Waals surface area (Å²) in [5.74, 6) is 0. The Morgan fingerprint density at radius 1 is 0.586 bits per heavy atom. The average molecular weight is 388 g/mol. The zero-order valence-electron chi connectivity index (χ0n) is 16.8. The summed E-state index contributed by atoms with van der Waals surface area (Å²) in [5, 5.41) is 0. The van der Waals surface area contributed by atoms with Crippen LogP contribution in [0.3, 0.4) is 0 Å². The second-order valence-electron chi connectivity index (χ2n) is 7.82. The van der Waals surface area contributed by atoms with Crippen LogP contribution in [-0.4, -0.2) is 25.4 Å². The summed E-state index contributed by atoms with van der Waals surface area (Å²) in [5.41, 5.74) is 12.0. The van der Waals surface area contributed by atoms with Crippen LogP contribution in [0.2, 0.25) is 0 Å². The summed E-state index contributed by atoms with van der Waals surface area (Å²) < 4.78 is 10.5. The van der Waals surface area contributed by atoms with Crippen LogP contribution < -0.4 is 5.73 Å². The molecular formula is C26H29NO2. The standard InChI is InChI=1S/C19H20O2.C7H9N/c1-5-16(10-18-12-20-18)6-2-14(1)9-15-3-7-17(8-4-15)11-19-13-21-19;8-6-7-4-2-1-3-5-7/h1-8,18-19H,9-13H2;1-5H,6,8H2. The molecule has 3 aromatic carbocycles. The maximum absolute atomic E-state index is 5.35. The lowest BCUT2D eigenvalue weighted by atomic mass is 10.0. The topological polar surface area (TPSA) is 51.1 Å². The smallest absolute Gasteiger partial charge is 0.0850 e. The zero-order valence-corrected chi connectivity index (χ0v) is 16.8. The molecule has 29 heavy (non-hydrogen) atoms. The van der Waals surface area contributed by atoms with Gasteiger partial charge >= 0.3 is 0 Å². The minimum absolute atomic E-state index is 0.471. The van der Waals surface area contributed by atoms with Gasteiger partial charge in [0, 0.05) is 19.4 Å². The molecule has 3 nitrogen and oxygen atoms in total. The predicted octanol–water partition coefficient (Wildman–Crippen LogP) is 4.31. The van der Waals surface area contributed by atoms with Crippen molar-refractivity contribution in [3.05, 3.63) is 107 Å². The SMILES string of the molecule is NCc1ccccc1.c1cc(CC2CO2)ccc1Cc1ccc(CC2CO2)cc1. The van der Waals surface area contributed by atoms with Crippen molar-refractivity contribution in [1.82, 2.24) is 0 Å². The van der Waals surface area contributed by atoms with Crippen molar-refractivity contribution in [2.75, 3.05) is 13.2 Å². The van der Waals surface area contributed by atoms with Crippen LogP contribution in [0.1, 0.15) is 27.8 Å². The van der Waals surface area contributed by atoms with Crippen LogP contribution >= 0.6 is 0 Å². The number of hydrogen-bond acceptors (Lipinski definition) is 3. The minimum Gasteiger partial charge on any atom is -0.373 e. The van der Waals surface area contributed by atoms with Gasteiger partial charge in [-0.25, -0.2) is 0 Å². The van der Waals surface area contributed by atoms with E-state index in [4.69, 9.17) is 15.2 Å². The summed E-state index contributed by atoms with van der Waals surface area (Å²) in [6.07, 6.45) is 4.05. The molecule has 2 atom stereocenters. The third kappa shape index (κ3) is 6.82. The van der Waals surface area contributed by atoms with Crippen LogP contribution in [0.5, 0.6) is 0 Å². The fourth-order valence-corrected chi connectivity index (χ4v) is 3.33. The highest BCUT2D eigenvalue weighted by atomic mass is 16.6. The van der Waals surface area contributed by atoms with E-state index >= 15 is 0 Å². The Morgan fingerprint density at radius 3 is 1.34 bits per heavy atom. The average Bonchev–Trinajstić information content (AvgIpc) is 3.69. The number of hydrogen-bond donors (Lipinski definition) is 1. The van der Waals surface area contributed by atoms with E-state index in [0.717, 1.165) is 32.5 Å². The third-order valence-electron chi connectivity index (χ3n) is 5.26. The van der Waals surface area contributed by atoms with E-state index in [9.17, 15) is 0 Å². The lowest BCUT2D eigenvalue weighted by molar-refractivity contribution is 0.407. The summed E-state index contributed by atoms with van der Waals surface area (Å²) in [6.45, 7) is 2.50. The van der Waals surface area contributed by atoms with E-state index in [1.54, 1.807) is 0 Å². The van der Waals surface area contributed by atoms with Crippen molar-refractivity contribution in [3.8, 4) is 0 Å². The molecule has 2 aliphatic rings. The first-order valence-electron chi connectivity index (χ1n) is 10.4. The van der Waals surface area contributed by atoms with Gasteiger partial charge in [0.2, 0.25) is 0 Å². The fraction of sp³-hybridized carbons (Fsp3) is 0.308. The van der Waals surface area contributed by atoms with E-state index in [1.165, 1.54) is 27.8 Å². The summed E-state index contributed by atoms with van der Waals surface area (Å²) in [4.78, 5) is 0. The number of nitrogens with two attached hydrogens (primary N) is 1. The van der Waals surface area contributed by atoms with Gasteiger partial charge in [0.1, 0.15) is 0 Å². The molecule has 0 radical (unpaired) electrons. The Morgan fingerprint density at radius 2 is 1.00 bits per heavy atom. The van der Waals surface area contributed by atoms with Gasteiger partial charge in [-0.1, -0.05) is 78.9 Å². The number of rotatable bonds is 7. The molecule has 0 saturated carbocycles. The van der Waals surface area contributed by atoms with E-state index < -0.39 is 0 Å². The van der Waals surface area contributed by atoms with Crippen molar-refractivity contribution in [2.45, 2.75) is 38.0 Å². The monoisotopic (exact) mass is 387 g/mol. The van der Waals surface area contributed by atoms with E-state index in [0.29, 0.717) is 18.8 Å². The van der Waals surface area contributed by atoms with Gasteiger partial charge in [-0.3, -0.25) is 0 Å². The van der Waals surface area contributed by atoms with Gasteiger partial charge in [0.05, 0.1) is 25.4 Å². The molecule has 2 unspecified atom stereocenters. The summed E-state index contributed by atoms with van der Waals surface area (Å²) in [7, 11) is 0. The molecule has 5 rings (SSSR count). The maximum atomic E-state index is 5.35. The molecular weight excluding hydrogens is 358 g/mol. The second kappa shape index (κ2) is 9.84. The maximum Gasteiger partial charge on any atom is 0.0850 e. The minimum atomic E-state index is 0.471. The molecule has 3 aromatic rings. The summed E-state index contributed by atoms with van der Waals surface area (Å²) >= 11 is 0. The summed E-state index contributed by atoms with van der Waals surface area (Å²) in [6, 6.07) is 27.9. The molecule has 2 aliphatic heterocycles. The van der Waals surface area contributed by atoms with Crippen LogP contribution in [0.15, 0.2) is 78.9 Å². The number of benzene rings is 3. The van der Waals surface area contributed by atoms with Crippen molar-refractivity contribution in [2.24, 2.45) is 5.73 Å². The van der Waals surface area contributed by atoms with Crippen LogP contribution in [0.4, 0.5) is 0 Å². The van der Waals surface area contributed by atoms with Crippen LogP contribution in [0.25, 0.3) is 0 Å². The Hall–Kier alpha value is -2.46. The van der Waals surface area contributed by atoms with Crippen molar-refractivity contribution in [3.63, 3.8) is 0 Å².